The molecule has 0 fully saturated rings. The van der Waals surface area contributed by atoms with Crippen LogP contribution in [0.4, 0.5) is 0 Å². The Kier molecular flexibility index (Phi) is 8.79. The van der Waals surface area contributed by atoms with Gasteiger partial charge in [-0.25, -0.2) is 4.84 Å². The van der Waals surface area contributed by atoms with Gasteiger partial charge in [0.25, 0.3) is 10.1 Å². The van der Waals surface area contributed by atoms with Gasteiger partial charge < -0.3 is 4.74 Å². The molecule has 8 heteroatoms. The third-order valence-electron chi connectivity index (χ3n) is 1.98. The van der Waals surface area contributed by atoms with E-state index >= 15 is 0 Å². The molecular weight excluding hydrogens is 286 g/mol. The fraction of sp³-hybridized carbons (Fsp3) is 1.00. The molecule has 0 aliphatic carbocycles. The van der Waals surface area contributed by atoms with Crippen LogP contribution >= 0.6 is 23.5 Å². The first-order valence-electron chi connectivity index (χ1n) is 5.25. The zero-order valence-electron chi connectivity index (χ0n) is 10.1. The molecule has 0 atom stereocenters. The number of thioether (sulfide) groups is 1. The highest BCUT2D eigenvalue weighted by atomic mass is 35.5. The van der Waals surface area contributed by atoms with Crippen LogP contribution in [0.5, 0.6) is 0 Å². The molecule has 2 N–H and O–H groups in total. The predicted molar refractivity (Wildman–Crippen MR) is 72.2 cm³/mol. The molecular formula is C9H20ClNO4S2. The second kappa shape index (κ2) is 8.55. The lowest BCUT2D eigenvalue weighted by atomic mass is 10.0. The van der Waals surface area contributed by atoms with Gasteiger partial charge in [-0.05, 0) is 37.8 Å². The monoisotopic (exact) mass is 305 g/mol. The minimum atomic E-state index is -3.90. The van der Waals surface area contributed by atoms with E-state index in [9.17, 15) is 8.42 Å². The minimum absolute atomic E-state index is 0.0358. The van der Waals surface area contributed by atoms with Crippen molar-refractivity contribution in [2.45, 2.75) is 25.8 Å². The number of halogens is 1. The van der Waals surface area contributed by atoms with Crippen molar-refractivity contribution >= 4 is 33.7 Å². The van der Waals surface area contributed by atoms with Crippen LogP contribution in [0.2, 0.25) is 0 Å². The van der Waals surface area contributed by atoms with Crippen LogP contribution in [0.25, 0.3) is 0 Å². The van der Waals surface area contributed by atoms with Crippen LogP contribution in [0.1, 0.15) is 20.3 Å². The summed E-state index contributed by atoms with van der Waals surface area (Å²) in [6.45, 7) is 4.55. The number of ether oxygens (including phenoxy) is 1. The molecule has 0 bridgehead atoms. The van der Waals surface area contributed by atoms with Crippen molar-refractivity contribution in [2.75, 3.05) is 30.5 Å². The molecule has 0 spiro atoms. The van der Waals surface area contributed by atoms with Gasteiger partial charge in [-0.15, -0.1) is 0 Å². The largest absolute Gasteiger partial charge is 0.379 e. The zero-order chi connectivity index (χ0) is 13.4. The van der Waals surface area contributed by atoms with E-state index in [1.54, 1.807) is 11.8 Å². The highest BCUT2D eigenvalue weighted by Gasteiger charge is 2.14. The molecule has 0 aliphatic heterocycles. The summed E-state index contributed by atoms with van der Waals surface area (Å²) in [4.78, 5) is 2.70. The Balaban J connectivity index is 3.31. The molecule has 0 saturated carbocycles. The fourth-order valence-corrected chi connectivity index (χ4v) is 2.38. The lowest BCUT2D eigenvalue weighted by Gasteiger charge is -2.21. The molecule has 0 rings (SSSR count). The average molecular weight is 306 g/mol. The first-order valence-corrected chi connectivity index (χ1v) is 8.39. The Morgan fingerprint density at radius 2 is 2.00 bits per heavy atom. The van der Waals surface area contributed by atoms with Gasteiger partial charge >= 0.3 is 0 Å². The van der Waals surface area contributed by atoms with Crippen molar-refractivity contribution in [1.82, 2.24) is 4.84 Å². The van der Waals surface area contributed by atoms with E-state index < -0.39 is 10.1 Å². The summed E-state index contributed by atoms with van der Waals surface area (Å²) >= 11 is 7.27. The van der Waals surface area contributed by atoms with Gasteiger partial charge in [0.1, 0.15) is 0 Å². The molecule has 0 aliphatic rings. The molecule has 0 unspecified atom stereocenters. The van der Waals surface area contributed by atoms with Crippen molar-refractivity contribution < 1.29 is 17.7 Å². The molecule has 5 nitrogen and oxygen atoms in total. The molecule has 0 aromatic carbocycles. The van der Waals surface area contributed by atoms with E-state index in [1.807, 2.05) is 13.8 Å². The third kappa shape index (κ3) is 12.7. The number of hydrogen-bond donors (Lipinski definition) is 2. The van der Waals surface area contributed by atoms with Gasteiger partial charge in [-0.3, -0.25) is 4.55 Å². The van der Waals surface area contributed by atoms with Crippen molar-refractivity contribution in [3.63, 3.8) is 0 Å². The fourth-order valence-electron chi connectivity index (χ4n) is 0.861. The van der Waals surface area contributed by atoms with Crippen LogP contribution in [0.3, 0.4) is 0 Å². The van der Waals surface area contributed by atoms with Crippen LogP contribution in [0.15, 0.2) is 0 Å². The molecule has 0 amide bonds. The minimum Gasteiger partial charge on any atom is -0.379 e. The van der Waals surface area contributed by atoms with E-state index in [4.69, 9.17) is 21.1 Å². The Morgan fingerprint density at radius 1 is 1.35 bits per heavy atom. The van der Waals surface area contributed by atoms with Crippen LogP contribution in [-0.4, -0.2) is 49.0 Å². The zero-order valence-corrected chi connectivity index (χ0v) is 12.5. The van der Waals surface area contributed by atoms with Crippen molar-refractivity contribution in [3.8, 4) is 0 Å². The summed E-state index contributed by atoms with van der Waals surface area (Å²) < 4.78 is 34.2. The maximum Gasteiger partial charge on any atom is 0.267 e. The van der Waals surface area contributed by atoms with Gasteiger partial charge in [0, 0.05) is 11.3 Å². The second-order valence-corrected chi connectivity index (χ2v) is 7.22. The molecule has 17 heavy (non-hydrogen) atoms. The van der Waals surface area contributed by atoms with Crippen molar-refractivity contribution in [3.05, 3.63) is 0 Å². The first-order chi connectivity index (χ1) is 7.77. The maximum absolute atomic E-state index is 10.4. The predicted octanol–water partition coefficient (Wildman–Crippen LogP) is 1.54. The van der Waals surface area contributed by atoms with E-state index in [2.05, 4.69) is 4.84 Å². The highest BCUT2D eigenvalue weighted by Crippen LogP contribution is 2.13. The van der Waals surface area contributed by atoms with E-state index in [-0.39, 0.29) is 17.9 Å². The van der Waals surface area contributed by atoms with Gasteiger partial charge in [0.05, 0.1) is 19.0 Å². The summed E-state index contributed by atoms with van der Waals surface area (Å²) in [7, 11) is -3.90. The summed E-state index contributed by atoms with van der Waals surface area (Å²) in [5.41, 5.74) is -0.0830. The summed E-state index contributed by atoms with van der Waals surface area (Å²) in [6, 6.07) is 0. The van der Waals surface area contributed by atoms with Crippen LogP contribution in [0, 0.1) is 0 Å². The SMILES string of the molecule is CC(C)(CCSCCOCCS(=O)(=O)O)NCl. The normalized spacial score (nSPS) is 12.9. The lowest BCUT2D eigenvalue weighted by Crippen LogP contribution is -2.32. The maximum atomic E-state index is 10.4. The summed E-state index contributed by atoms with van der Waals surface area (Å²) in [5, 5.41) is 0. The lowest BCUT2D eigenvalue weighted by molar-refractivity contribution is 0.165. The standard InChI is InChI=1S/C9H20ClNO4S2/c1-9(2,11-10)3-6-16-7-4-15-5-8-17(12,13)14/h11H,3-8H2,1-2H3,(H,12,13,14). The van der Waals surface area contributed by atoms with Crippen molar-refractivity contribution in [2.24, 2.45) is 0 Å². The summed E-state index contributed by atoms with van der Waals surface area (Å²) in [5.74, 6) is 1.40. The second-order valence-electron chi connectivity index (χ2n) is 4.24. The van der Waals surface area contributed by atoms with Crippen LogP contribution < -0.4 is 4.84 Å². The van der Waals surface area contributed by atoms with E-state index in [0.29, 0.717) is 6.61 Å². The summed E-state index contributed by atoms with van der Waals surface area (Å²) in [6.07, 6.45) is 0.937. The number of rotatable bonds is 10. The Labute approximate surface area is 112 Å². The Bertz CT molecular complexity index is 295. The van der Waals surface area contributed by atoms with E-state index in [1.165, 1.54) is 0 Å². The van der Waals surface area contributed by atoms with Gasteiger partial charge in [-0.2, -0.15) is 20.2 Å². The number of nitrogens with one attached hydrogen (secondary N) is 1. The molecule has 0 aromatic rings. The Morgan fingerprint density at radius 3 is 2.53 bits per heavy atom. The quantitative estimate of drug-likeness (QED) is 0.362. The molecule has 0 radical (unpaired) electrons. The first kappa shape index (κ1) is 17.5. The third-order valence-corrected chi connectivity index (χ3v) is 4.13. The Hall–Kier alpha value is 0.470. The van der Waals surface area contributed by atoms with Gasteiger partial charge in [-0.1, -0.05) is 0 Å². The molecule has 104 valence electrons. The topological polar surface area (TPSA) is 75.6 Å². The van der Waals surface area contributed by atoms with E-state index in [0.717, 1.165) is 17.9 Å². The average Bonchev–Trinajstić information content (AvgIpc) is 2.20. The smallest absolute Gasteiger partial charge is 0.267 e. The molecule has 0 saturated heterocycles. The van der Waals surface area contributed by atoms with Crippen LogP contribution in [-0.2, 0) is 14.9 Å². The molecule has 0 heterocycles. The molecule has 0 aromatic heterocycles. The number of hydrogen-bond acceptors (Lipinski definition) is 5. The van der Waals surface area contributed by atoms with Gasteiger partial charge in [0.2, 0.25) is 0 Å². The van der Waals surface area contributed by atoms with Crippen molar-refractivity contribution in [1.29, 1.82) is 0 Å². The van der Waals surface area contributed by atoms with Gasteiger partial charge in [0.15, 0.2) is 0 Å². The highest BCUT2D eigenvalue weighted by molar-refractivity contribution is 7.99.